The summed E-state index contributed by atoms with van der Waals surface area (Å²) in [6, 6.07) is 14.2. The van der Waals surface area contributed by atoms with E-state index in [2.05, 4.69) is 5.32 Å². The molecule has 0 unspecified atom stereocenters. The van der Waals surface area contributed by atoms with E-state index in [0.29, 0.717) is 10.6 Å². The summed E-state index contributed by atoms with van der Waals surface area (Å²) in [4.78, 5) is 11.9. The summed E-state index contributed by atoms with van der Waals surface area (Å²) < 4.78 is 5.04. The molecule has 102 valence electrons. The molecule has 0 bridgehead atoms. The second-order valence-corrected chi connectivity index (χ2v) is 4.52. The zero-order valence-electron chi connectivity index (χ0n) is 11.0. The maximum absolute atomic E-state index is 11.9. The lowest BCUT2D eigenvalue weighted by Crippen LogP contribution is -1.96. The number of allylic oxidation sites excluding steroid dienone is 1. The summed E-state index contributed by atoms with van der Waals surface area (Å²) in [5, 5.41) is 3.64. The second-order valence-electron chi connectivity index (χ2n) is 4.08. The summed E-state index contributed by atoms with van der Waals surface area (Å²) in [6.45, 7) is 0. The third-order valence-electron chi connectivity index (χ3n) is 2.68. The Hall–Kier alpha value is -2.26. The third-order valence-corrected chi connectivity index (χ3v) is 2.92. The molecule has 2 aromatic rings. The van der Waals surface area contributed by atoms with Crippen molar-refractivity contribution in [3.63, 3.8) is 0 Å². The lowest BCUT2D eigenvalue weighted by Gasteiger charge is -2.01. The Bertz CT molecular complexity index is 621. The van der Waals surface area contributed by atoms with E-state index < -0.39 is 0 Å². The van der Waals surface area contributed by atoms with E-state index in [-0.39, 0.29) is 5.78 Å². The average Bonchev–Trinajstić information content (AvgIpc) is 2.47. The number of hydrogen-bond donors (Lipinski definition) is 1. The van der Waals surface area contributed by atoms with Gasteiger partial charge in [0.2, 0.25) is 0 Å². The molecular weight excluding hydrogens is 274 g/mol. The van der Waals surface area contributed by atoms with Gasteiger partial charge in [-0.3, -0.25) is 4.79 Å². The van der Waals surface area contributed by atoms with Crippen molar-refractivity contribution < 1.29 is 9.53 Å². The number of benzene rings is 2. The summed E-state index contributed by atoms with van der Waals surface area (Å²) in [5.41, 5.74) is 1.44. The zero-order chi connectivity index (χ0) is 14.4. The van der Waals surface area contributed by atoms with E-state index in [4.69, 9.17) is 16.3 Å². The van der Waals surface area contributed by atoms with E-state index in [1.807, 2.05) is 12.1 Å². The fraction of sp³-hybridized carbons (Fsp3) is 0.0625. The lowest BCUT2D eigenvalue weighted by molar-refractivity contribution is 0.104. The second kappa shape index (κ2) is 6.78. The molecular formula is C16H14ClNO2. The highest BCUT2D eigenvalue weighted by atomic mass is 35.5. The van der Waals surface area contributed by atoms with Gasteiger partial charge in [-0.2, -0.15) is 0 Å². The highest BCUT2D eigenvalue weighted by molar-refractivity contribution is 6.30. The van der Waals surface area contributed by atoms with Gasteiger partial charge in [0.15, 0.2) is 5.78 Å². The van der Waals surface area contributed by atoms with Gasteiger partial charge < -0.3 is 10.1 Å². The van der Waals surface area contributed by atoms with Crippen LogP contribution in [0.2, 0.25) is 5.02 Å². The standard InChI is InChI=1S/C16H14ClNO2/c1-20-15-7-5-12(6-8-15)16(19)9-10-18-14-4-2-3-13(17)11-14/h2-11,18H,1H3/b10-9-. The van der Waals surface area contributed by atoms with Crippen LogP contribution in [0, 0.1) is 0 Å². The maximum atomic E-state index is 11.9. The van der Waals surface area contributed by atoms with E-state index in [1.54, 1.807) is 49.7 Å². The molecule has 0 aliphatic rings. The van der Waals surface area contributed by atoms with Crippen molar-refractivity contribution in [3.8, 4) is 5.75 Å². The number of carbonyl (C=O) groups excluding carboxylic acids is 1. The Morgan fingerprint density at radius 3 is 2.60 bits per heavy atom. The van der Waals surface area contributed by atoms with Crippen LogP contribution in [0.3, 0.4) is 0 Å². The first-order valence-electron chi connectivity index (χ1n) is 6.06. The lowest BCUT2D eigenvalue weighted by atomic mass is 10.1. The smallest absolute Gasteiger partial charge is 0.187 e. The maximum Gasteiger partial charge on any atom is 0.187 e. The number of methoxy groups -OCH3 is 1. The van der Waals surface area contributed by atoms with Crippen LogP contribution >= 0.6 is 11.6 Å². The van der Waals surface area contributed by atoms with Crippen molar-refractivity contribution in [2.75, 3.05) is 12.4 Å². The molecule has 0 aromatic heterocycles. The number of anilines is 1. The van der Waals surface area contributed by atoms with Crippen LogP contribution in [0.15, 0.2) is 60.8 Å². The fourth-order valence-electron chi connectivity index (χ4n) is 1.64. The van der Waals surface area contributed by atoms with Crippen LogP contribution in [0.25, 0.3) is 0 Å². The Morgan fingerprint density at radius 2 is 1.95 bits per heavy atom. The first kappa shape index (κ1) is 14.2. The molecule has 1 N–H and O–H groups in total. The van der Waals surface area contributed by atoms with E-state index in [9.17, 15) is 4.79 Å². The molecule has 4 heteroatoms. The van der Waals surface area contributed by atoms with Crippen LogP contribution in [-0.2, 0) is 0 Å². The first-order chi connectivity index (χ1) is 9.69. The van der Waals surface area contributed by atoms with Crippen LogP contribution < -0.4 is 10.1 Å². The monoisotopic (exact) mass is 287 g/mol. The number of nitrogens with one attached hydrogen (secondary N) is 1. The van der Waals surface area contributed by atoms with Gasteiger partial charge in [0, 0.05) is 28.5 Å². The largest absolute Gasteiger partial charge is 0.497 e. The van der Waals surface area contributed by atoms with Gasteiger partial charge in [-0.05, 0) is 42.5 Å². The predicted octanol–water partition coefficient (Wildman–Crippen LogP) is 4.16. The molecule has 0 amide bonds. The number of ether oxygens (including phenoxy) is 1. The SMILES string of the molecule is COc1ccc(C(=O)/C=C\Nc2cccc(Cl)c2)cc1. The molecule has 0 saturated carbocycles. The van der Waals surface area contributed by atoms with E-state index >= 15 is 0 Å². The quantitative estimate of drug-likeness (QED) is 0.663. The van der Waals surface area contributed by atoms with Crippen molar-refractivity contribution in [1.82, 2.24) is 0 Å². The molecule has 20 heavy (non-hydrogen) atoms. The number of ketones is 1. The van der Waals surface area contributed by atoms with Crippen molar-refractivity contribution in [2.45, 2.75) is 0 Å². The van der Waals surface area contributed by atoms with Crippen molar-refractivity contribution in [3.05, 3.63) is 71.4 Å². The van der Waals surface area contributed by atoms with Gasteiger partial charge in [0.05, 0.1) is 7.11 Å². The van der Waals surface area contributed by atoms with Gasteiger partial charge in [-0.1, -0.05) is 17.7 Å². The summed E-state index contributed by atoms with van der Waals surface area (Å²) in [5.74, 6) is 0.643. The molecule has 0 radical (unpaired) electrons. The van der Waals surface area contributed by atoms with E-state index in [0.717, 1.165) is 11.4 Å². The summed E-state index contributed by atoms with van der Waals surface area (Å²) >= 11 is 5.87. The van der Waals surface area contributed by atoms with E-state index in [1.165, 1.54) is 6.08 Å². The van der Waals surface area contributed by atoms with Gasteiger partial charge >= 0.3 is 0 Å². The number of hydrogen-bond acceptors (Lipinski definition) is 3. The normalized spacial score (nSPS) is 10.5. The average molecular weight is 288 g/mol. The topological polar surface area (TPSA) is 38.3 Å². The van der Waals surface area contributed by atoms with Gasteiger partial charge in [0.1, 0.15) is 5.75 Å². The minimum absolute atomic E-state index is 0.0813. The van der Waals surface area contributed by atoms with Crippen molar-refractivity contribution in [1.29, 1.82) is 0 Å². The van der Waals surface area contributed by atoms with Crippen LogP contribution in [-0.4, -0.2) is 12.9 Å². The Labute approximate surface area is 122 Å². The van der Waals surface area contributed by atoms with Crippen LogP contribution in [0.1, 0.15) is 10.4 Å². The highest BCUT2D eigenvalue weighted by Gasteiger charge is 2.01. The Kier molecular flexibility index (Phi) is 4.80. The molecule has 0 aliphatic carbocycles. The molecule has 3 nitrogen and oxygen atoms in total. The third kappa shape index (κ3) is 3.87. The van der Waals surface area contributed by atoms with Crippen molar-refractivity contribution >= 4 is 23.1 Å². The molecule has 2 rings (SSSR count). The molecule has 0 aliphatic heterocycles. The molecule has 2 aromatic carbocycles. The molecule has 0 spiro atoms. The minimum atomic E-state index is -0.0813. The van der Waals surface area contributed by atoms with Crippen LogP contribution in [0.5, 0.6) is 5.75 Å². The Morgan fingerprint density at radius 1 is 1.20 bits per heavy atom. The summed E-state index contributed by atoms with van der Waals surface area (Å²) in [6.07, 6.45) is 3.07. The first-order valence-corrected chi connectivity index (χ1v) is 6.44. The molecule has 0 heterocycles. The molecule has 0 atom stereocenters. The number of halogens is 1. The number of rotatable bonds is 5. The van der Waals surface area contributed by atoms with Gasteiger partial charge in [0.25, 0.3) is 0 Å². The molecule has 0 fully saturated rings. The van der Waals surface area contributed by atoms with Crippen molar-refractivity contribution in [2.24, 2.45) is 0 Å². The predicted molar refractivity (Wildman–Crippen MR) is 81.5 cm³/mol. The zero-order valence-corrected chi connectivity index (χ0v) is 11.7. The fourth-order valence-corrected chi connectivity index (χ4v) is 1.83. The number of carbonyl (C=O) groups is 1. The highest BCUT2D eigenvalue weighted by Crippen LogP contribution is 2.15. The Balaban J connectivity index is 1.98. The minimum Gasteiger partial charge on any atom is -0.497 e. The summed E-state index contributed by atoms with van der Waals surface area (Å²) in [7, 11) is 1.59. The van der Waals surface area contributed by atoms with Gasteiger partial charge in [-0.25, -0.2) is 0 Å². The molecule has 0 saturated heterocycles. The van der Waals surface area contributed by atoms with Gasteiger partial charge in [-0.15, -0.1) is 0 Å². The van der Waals surface area contributed by atoms with Crippen LogP contribution in [0.4, 0.5) is 5.69 Å².